The van der Waals surface area contributed by atoms with Crippen molar-refractivity contribution in [2.24, 2.45) is 0 Å². The maximum atomic E-state index is 9.18. The van der Waals surface area contributed by atoms with Crippen molar-refractivity contribution in [2.45, 2.75) is 12.8 Å². The standard InChI is InChI=1S/C14H12Cl2O/c15-13-8-5-11(9-14(13)16)2-1-10-3-6-12(17)7-4-10/h3-9,17H,1-2H2. The predicted molar refractivity (Wildman–Crippen MR) is 72.0 cm³/mol. The second kappa shape index (κ2) is 5.44. The van der Waals surface area contributed by atoms with Crippen molar-refractivity contribution in [3.05, 3.63) is 63.6 Å². The van der Waals surface area contributed by atoms with Gasteiger partial charge in [-0.3, -0.25) is 0 Å². The average molecular weight is 267 g/mol. The number of rotatable bonds is 3. The van der Waals surface area contributed by atoms with Crippen LogP contribution >= 0.6 is 23.2 Å². The first-order valence-corrected chi connectivity index (χ1v) is 6.12. The van der Waals surface area contributed by atoms with E-state index >= 15 is 0 Å². The van der Waals surface area contributed by atoms with Crippen LogP contribution in [-0.2, 0) is 12.8 Å². The van der Waals surface area contributed by atoms with E-state index in [4.69, 9.17) is 23.2 Å². The minimum absolute atomic E-state index is 0.295. The van der Waals surface area contributed by atoms with Crippen molar-refractivity contribution in [3.63, 3.8) is 0 Å². The minimum atomic E-state index is 0.295. The predicted octanol–water partition coefficient (Wildman–Crippen LogP) is 4.48. The molecule has 1 N–H and O–H groups in total. The lowest BCUT2D eigenvalue weighted by Crippen LogP contribution is -1.91. The molecule has 0 spiro atoms. The van der Waals surface area contributed by atoms with Crippen LogP contribution in [0.2, 0.25) is 10.0 Å². The molecule has 2 aromatic carbocycles. The minimum Gasteiger partial charge on any atom is -0.508 e. The summed E-state index contributed by atoms with van der Waals surface area (Å²) in [7, 11) is 0. The molecule has 3 heteroatoms. The first-order chi connectivity index (χ1) is 8.15. The fourth-order valence-corrected chi connectivity index (χ4v) is 1.97. The molecule has 2 rings (SSSR count). The number of hydrogen-bond acceptors (Lipinski definition) is 1. The van der Waals surface area contributed by atoms with Gasteiger partial charge < -0.3 is 5.11 Å². The summed E-state index contributed by atoms with van der Waals surface area (Å²) in [4.78, 5) is 0. The number of aryl methyl sites for hydroxylation is 2. The summed E-state index contributed by atoms with van der Waals surface area (Å²) in [5.41, 5.74) is 2.35. The van der Waals surface area contributed by atoms with E-state index in [1.165, 1.54) is 5.56 Å². The second-order valence-corrected chi connectivity index (χ2v) is 4.73. The van der Waals surface area contributed by atoms with Gasteiger partial charge in [0, 0.05) is 0 Å². The van der Waals surface area contributed by atoms with E-state index in [0.717, 1.165) is 18.4 Å². The molecule has 0 aliphatic heterocycles. The van der Waals surface area contributed by atoms with Crippen LogP contribution in [0.5, 0.6) is 5.75 Å². The molecule has 0 heterocycles. The van der Waals surface area contributed by atoms with Gasteiger partial charge in [0.05, 0.1) is 10.0 Å². The van der Waals surface area contributed by atoms with E-state index in [-0.39, 0.29) is 0 Å². The average Bonchev–Trinajstić information content (AvgIpc) is 2.33. The van der Waals surface area contributed by atoms with Gasteiger partial charge in [-0.05, 0) is 48.2 Å². The largest absolute Gasteiger partial charge is 0.508 e. The molecule has 0 saturated carbocycles. The first-order valence-electron chi connectivity index (χ1n) is 5.37. The van der Waals surface area contributed by atoms with Gasteiger partial charge in [-0.2, -0.15) is 0 Å². The van der Waals surface area contributed by atoms with Crippen molar-refractivity contribution < 1.29 is 5.11 Å². The maximum Gasteiger partial charge on any atom is 0.115 e. The zero-order chi connectivity index (χ0) is 12.3. The van der Waals surface area contributed by atoms with Crippen molar-refractivity contribution in [1.29, 1.82) is 0 Å². The summed E-state index contributed by atoms with van der Waals surface area (Å²) < 4.78 is 0. The van der Waals surface area contributed by atoms with E-state index in [1.54, 1.807) is 12.1 Å². The van der Waals surface area contributed by atoms with Crippen LogP contribution in [0.15, 0.2) is 42.5 Å². The van der Waals surface area contributed by atoms with Crippen molar-refractivity contribution >= 4 is 23.2 Å². The molecule has 2 aromatic rings. The normalized spacial score (nSPS) is 10.5. The summed E-state index contributed by atoms with van der Waals surface area (Å²) in [5.74, 6) is 0.295. The Balaban J connectivity index is 2.02. The molecular weight excluding hydrogens is 255 g/mol. The Kier molecular flexibility index (Phi) is 3.93. The molecule has 0 fully saturated rings. The zero-order valence-electron chi connectivity index (χ0n) is 9.16. The van der Waals surface area contributed by atoms with Crippen molar-refractivity contribution in [2.75, 3.05) is 0 Å². The van der Waals surface area contributed by atoms with E-state index < -0.39 is 0 Å². The van der Waals surface area contributed by atoms with Crippen molar-refractivity contribution in [1.82, 2.24) is 0 Å². The van der Waals surface area contributed by atoms with Gasteiger partial charge in [-0.15, -0.1) is 0 Å². The monoisotopic (exact) mass is 266 g/mol. The Morgan fingerprint density at radius 2 is 1.35 bits per heavy atom. The molecule has 0 atom stereocenters. The SMILES string of the molecule is Oc1ccc(CCc2ccc(Cl)c(Cl)c2)cc1. The fourth-order valence-electron chi connectivity index (χ4n) is 1.65. The summed E-state index contributed by atoms with van der Waals surface area (Å²) in [6, 6.07) is 12.9. The number of aromatic hydroxyl groups is 1. The molecular formula is C14H12Cl2O. The highest BCUT2D eigenvalue weighted by molar-refractivity contribution is 6.42. The summed E-state index contributed by atoms with van der Waals surface area (Å²) in [6.45, 7) is 0. The second-order valence-electron chi connectivity index (χ2n) is 3.91. The highest BCUT2D eigenvalue weighted by Crippen LogP contribution is 2.23. The Morgan fingerprint density at radius 3 is 2.00 bits per heavy atom. The lowest BCUT2D eigenvalue weighted by Gasteiger charge is -2.04. The molecule has 88 valence electrons. The number of benzene rings is 2. The molecule has 0 amide bonds. The lowest BCUT2D eigenvalue weighted by molar-refractivity contribution is 0.475. The molecule has 0 saturated heterocycles. The van der Waals surface area contributed by atoms with Gasteiger partial charge in [0.2, 0.25) is 0 Å². The Hall–Kier alpha value is -1.18. The Labute approximate surface area is 111 Å². The third-order valence-electron chi connectivity index (χ3n) is 2.62. The van der Waals surface area contributed by atoms with Gasteiger partial charge in [0.15, 0.2) is 0 Å². The quantitative estimate of drug-likeness (QED) is 0.869. The smallest absolute Gasteiger partial charge is 0.115 e. The highest BCUT2D eigenvalue weighted by atomic mass is 35.5. The molecule has 0 radical (unpaired) electrons. The summed E-state index contributed by atoms with van der Waals surface area (Å²) >= 11 is 11.8. The van der Waals surface area contributed by atoms with Gasteiger partial charge in [-0.1, -0.05) is 41.4 Å². The molecule has 0 unspecified atom stereocenters. The third kappa shape index (κ3) is 3.39. The third-order valence-corrected chi connectivity index (χ3v) is 3.36. The lowest BCUT2D eigenvalue weighted by atomic mass is 10.0. The zero-order valence-corrected chi connectivity index (χ0v) is 10.7. The van der Waals surface area contributed by atoms with Crippen LogP contribution < -0.4 is 0 Å². The highest BCUT2D eigenvalue weighted by Gasteiger charge is 2.00. The van der Waals surface area contributed by atoms with Crippen LogP contribution in [0.25, 0.3) is 0 Å². The van der Waals surface area contributed by atoms with Gasteiger partial charge in [0.25, 0.3) is 0 Å². The van der Waals surface area contributed by atoms with Gasteiger partial charge >= 0.3 is 0 Å². The van der Waals surface area contributed by atoms with Crippen molar-refractivity contribution in [3.8, 4) is 5.75 Å². The first kappa shape index (κ1) is 12.3. The molecule has 17 heavy (non-hydrogen) atoms. The Bertz CT molecular complexity index is 506. The summed E-state index contributed by atoms with van der Waals surface area (Å²) in [6.07, 6.45) is 1.82. The fraction of sp³-hybridized carbons (Fsp3) is 0.143. The molecule has 0 aromatic heterocycles. The molecule has 1 nitrogen and oxygen atoms in total. The van der Waals surface area contributed by atoms with E-state index in [9.17, 15) is 5.11 Å². The van der Waals surface area contributed by atoms with Crippen LogP contribution in [0.4, 0.5) is 0 Å². The van der Waals surface area contributed by atoms with E-state index in [1.807, 2.05) is 30.3 Å². The van der Waals surface area contributed by atoms with Crippen LogP contribution in [-0.4, -0.2) is 5.11 Å². The number of phenols is 1. The van der Waals surface area contributed by atoms with E-state index in [2.05, 4.69) is 0 Å². The van der Waals surface area contributed by atoms with Crippen LogP contribution in [0, 0.1) is 0 Å². The van der Waals surface area contributed by atoms with Crippen LogP contribution in [0.3, 0.4) is 0 Å². The Morgan fingerprint density at radius 1 is 0.765 bits per heavy atom. The van der Waals surface area contributed by atoms with E-state index in [0.29, 0.717) is 15.8 Å². The molecule has 0 aliphatic rings. The molecule has 0 aliphatic carbocycles. The maximum absolute atomic E-state index is 9.18. The van der Waals surface area contributed by atoms with Gasteiger partial charge in [-0.25, -0.2) is 0 Å². The van der Waals surface area contributed by atoms with Gasteiger partial charge in [0.1, 0.15) is 5.75 Å². The van der Waals surface area contributed by atoms with Crippen LogP contribution in [0.1, 0.15) is 11.1 Å². The topological polar surface area (TPSA) is 20.2 Å². The molecule has 0 bridgehead atoms. The number of phenolic OH excluding ortho intramolecular Hbond substituents is 1. The number of halogens is 2. The summed E-state index contributed by atoms with van der Waals surface area (Å²) in [5, 5.41) is 10.4. The number of hydrogen-bond donors (Lipinski definition) is 1.